The lowest BCUT2D eigenvalue weighted by atomic mass is 9.93. The van der Waals surface area contributed by atoms with E-state index < -0.39 is 10.0 Å². The number of rotatable bonds is 6. The van der Waals surface area contributed by atoms with Crippen molar-refractivity contribution in [2.75, 3.05) is 13.2 Å². The van der Waals surface area contributed by atoms with E-state index in [9.17, 15) is 8.42 Å². The van der Waals surface area contributed by atoms with Crippen molar-refractivity contribution in [2.24, 2.45) is 0 Å². The number of aryl methyl sites for hydroxylation is 1. The van der Waals surface area contributed by atoms with E-state index in [-0.39, 0.29) is 17.5 Å². The van der Waals surface area contributed by atoms with Gasteiger partial charge < -0.3 is 5.11 Å². The van der Waals surface area contributed by atoms with Gasteiger partial charge in [0.2, 0.25) is 10.0 Å². The molecule has 0 aromatic heterocycles. The molecule has 21 heavy (non-hydrogen) atoms. The highest BCUT2D eigenvalue weighted by molar-refractivity contribution is 7.89. The molecule has 0 radical (unpaired) electrons. The van der Waals surface area contributed by atoms with E-state index in [2.05, 4.69) is 0 Å². The highest BCUT2D eigenvalue weighted by atomic mass is 32.2. The lowest BCUT2D eigenvalue weighted by molar-refractivity contribution is 0.198. The summed E-state index contributed by atoms with van der Waals surface area (Å²) in [6.45, 7) is 2.02. The summed E-state index contributed by atoms with van der Waals surface area (Å²) in [5.74, 6) is 0. The summed E-state index contributed by atoms with van der Waals surface area (Å²) in [5, 5.41) is 18.0. The minimum atomic E-state index is -3.63. The first-order valence-corrected chi connectivity index (χ1v) is 8.58. The van der Waals surface area contributed by atoms with Crippen molar-refractivity contribution in [3.63, 3.8) is 0 Å². The number of benzene rings is 1. The molecule has 5 nitrogen and oxygen atoms in total. The molecule has 1 saturated carbocycles. The summed E-state index contributed by atoms with van der Waals surface area (Å²) in [6.07, 6.45) is 3.18. The Morgan fingerprint density at radius 1 is 1.43 bits per heavy atom. The third kappa shape index (κ3) is 3.26. The summed E-state index contributed by atoms with van der Waals surface area (Å²) >= 11 is 0. The number of sulfonamides is 1. The van der Waals surface area contributed by atoms with E-state index in [0.717, 1.165) is 19.3 Å². The van der Waals surface area contributed by atoms with Gasteiger partial charge in [-0.1, -0.05) is 12.5 Å². The van der Waals surface area contributed by atoms with Gasteiger partial charge in [-0.2, -0.15) is 9.57 Å². The zero-order valence-electron chi connectivity index (χ0n) is 12.1. The van der Waals surface area contributed by atoms with Crippen molar-refractivity contribution < 1.29 is 13.5 Å². The topological polar surface area (TPSA) is 81.4 Å². The quantitative estimate of drug-likeness (QED) is 0.868. The van der Waals surface area contributed by atoms with Crippen LogP contribution < -0.4 is 0 Å². The first-order chi connectivity index (χ1) is 10.0. The predicted octanol–water partition coefficient (Wildman–Crippen LogP) is 1.79. The van der Waals surface area contributed by atoms with Gasteiger partial charge in [-0.05, 0) is 43.9 Å². The summed E-state index contributed by atoms with van der Waals surface area (Å²) in [6, 6.07) is 6.73. The fourth-order valence-corrected chi connectivity index (χ4v) is 4.45. The van der Waals surface area contributed by atoms with Gasteiger partial charge in [0.05, 0.1) is 16.5 Å². The number of aliphatic hydroxyl groups is 1. The maximum Gasteiger partial charge on any atom is 0.243 e. The normalized spacial score (nSPS) is 15.7. The molecule has 0 bridgehead atoms. The van der Waals surface area contributed by atoms with Crippen LogP contribution in [-0.4, -0.2) is 37.0 Å². The van der Waals surface area contributed by atoms with Gasteiger partial charge in [0.1, 0.15) is 0 Å². The monoisotopic (exact) mass is 308 g/mol. The molecule has 0 atom stereocenters. The first-order valence-electron chi connectivity index (χ1n) is 7.14. The van der Waals surface area contributed by atoms with Crippen LogP contribution in [0.2, 0.25) is 0 Å². The average molecular weight is 308 g/mol. The van der Waals surface area contributed by atoms with Crippen molar-refractivity contribution in [3.8, 4) is 6.07 Å². The van der Waals surface area contributed by atoms with Gasteiger partial charge >= 0.3 is 0 Å². The molecule has 0 unspecified atom stereocenters. The molecule has 0 amide bonds. The second kappa shape index (κ2) is 6.56. The van der Waals surface area contributed by atoms with Crippen LogP contribution in [0.3, 0.4) is 0 Å². The largest absolute Gasteiger partial charge is 0.396 e. The van der Waals surface area contributed by atoms with E-state index in [4.69, 9.17) is 10.4 Å². The molecule has 114 valence electrons. The molecule has 0 heterocycles. The lowest BCUT2D eigenvalue weighted by Gasteiger charge is -2.36. The standard InChI is InChI=1S/C15H20N2O3S/c1-12-6-7-13(11-16)10-15(12)21(19,20)17(8-3-9-18)14-4-2-5-14/h6-7,10,14,18H,2-5,8-9H2,1H3. The maximum absolute atomic E-state index is 12.9. The zero-order chi connectivity index (χ0) is 15.5. The summed E-state index contributed by atoms with van der Waals surface area (Å²) in [5.41, 5.74) is 0.984. The Hall–Kier alpha value is -1.42. The van der Waals surface area contributed by atoms with Gasteiger partial charge in [0, 0.05) is 19.2 Å². The molecule has 0 spiro atoms. The van der Waals surface area contributed by atoms with Crippen LogP contribution in [0.25, 0.3) is 0 Å². The van der Waals surface area contributed by atoms with E-state index >= 15 is 0 Å². The Morgan fingerprint density at radius 3 is 2.67 bits per heavy atom. The molecule has 0 saturated heterocycles. The van der Waals surface area contributed by atoms with Gasteiger partial charge in [0.15, 0.2) is 0 Å². The summed E-state index contributed by atoms with van der Waals surface area (Å²) in [4.78, 5) is 0.200. The number of hydrogen-bond donors (Lipinski definition) is 1. The number of nitrogens with zero attached hydrogens (tertiary/aromatic N) is 2. The maximum atomic E-state index is 12.9. The van der Waals surface area contributed by atoms with Crippen LogP contribution in [0.15, 0.2) is 23.1 Å². The van der Waals surface area contributed by atoms with Crippen molar-refractivity contribution in [3.05, 3.63) is 29.3 Å². The summed E-state index contributed by atoms with van der Waals surface area (Å²) < 4.78 is 27.3. The molecule has 1 aliphatic carbocycles. The third-order valence-corrected chi connectivity index (χ3v) is 6.02. The third-order valence-electron chi connectivity index (χ3n) is 3.92. The summed E-state index contributed by atoms with van der Waals surface area (Å²) in [7, 11) is -3.63. The van der Waals surface area contributed by atoms with Crippen molar-refractivity contribution in [1.82, 2.24) is 4.31 Å². The van der Waals surface area contributed by atoms with Gasteiger partial charge in [-0.15, -0.1) is 0 Å². The molecule has 6 heteroatoms. The molecule has 1 aliphatic rings. The SMILES string of the molecule is Cc1ccc(C#N)cc1S(=O)(=O)N(CCCO)C1CCC1. The minimum Gasteiger partial charge on any atom is -0.396 e. The van der Waals surface area contributed by atoms with Crippen LogP contribution in [0.5, 0.6) is 0 Å². The first kappa shape index (κ1) is 16.0. The number of nitriles is 1. The minimum absolute atomic E-state index is 0.0201. The molecule has 1 aromatic carbocycles. The molecule has 2 rings (SSSR count). The van der Waals surface area contributed by atoms with Crippen molar-refractivity contribution in [2.45, 2.75) is 43.5 Å². The van der Waals surface area contributed by atoms with E-state index in [1.807, 2.05) is 6.07 Å². The fraction of sp³-hybridized carbons (Fsp3) is 0.533. The van der Waals surface area contributed by atoms with Crippen molar-refractivity contribution in [1.29, 1.82) is 5.26 Å². The highest BCUT2D eigenvalue weighted by Crippen LogP contribution is 2.31. The Bertz CT molecular complexity index is 645. The van der Waals surface area contributed by atoms with Gasteiger partial charge in [-0.25, -0.2) is 8.42 Å². The van der Waals surface area contributed by atoms with Crippen molar-refractivity contribution >= 4 is 10.0 Å². The Morgan fingerprint density at radius 2 is 2.14 bits per heavy atom. The predicted molar refractivity (Wildman–Crippen MR) is 79.1 cm³/mol. The van der Waals surface area contributed by atoms with Crippen LogP contribution in [0, 0.1) is 18.3 Å². The van der Waals surface area contributed by atoms with Crippen LogP contribution >= 0.6 is 0 Å². The molecule has 1 N–H and O–H groups in total. The van der Waals surface area contributed by atoms with E-state index in [1.165, 1.54) is 10.4 Å². The molecule has 0 aliphatic heterocycles. The smallest absolute Gasteiger partial charge is 0.243 e. The van der Waals surface area contributed by atoms with Crippen LogP contribution in [0.1, 0.15) is 36.8 Å². The van der Waals surface area contributed by atoms with Crippen LogP contribution in [0.4, 0.5) is 0 Å². The Labute approximate surface area is 125 Å². The fourth-order valence-electron chi connectivity index (χ4n) is 2.47. The Balaban J connectivity index is 2.40. The molecule has 1 fully saturated rings. The second-order valence-electron chi connectivity index (χ2n) is 5.37. The van der Waals surface area contributed by atoms with Crippen LogP contribution in [-0.2, 0) is 10.0 Å². The van der Waals surface area contributed by atoms with Gasteiger partial charge in [-0.3, -0.25) is 0 Å². The molecule has 1 aromatic rings. The van der Waals surface area contributed by atoms with Gasteiger partial charge in [0.25, 0.3) is 0 Å². The molecular weight excluding hydrogens is 288 g/mol. The average Bonchev–Trinajstić information content (AvgIpc) is 2.41. The number of aliphatic hydroxyl groups excluding tert-OH is 1. The van der Waals surface area contributed by atoms with E-state index in [1.54, 1.807) is 19.1 Å². The Kier molecular flexibility index (Phi) is 4.99. The van der Waals surface area contributed by atoms with E-state index in [0.29, 0.717) is 24.1 Å². The lowest BCUT2D eigenvalue weighted by Crippen LogP contribution is -2.45. The highest BCUT2D eigenvalue weighted by Gasteiger charge is 2.35. The molecular formula is C15H20N2O3S. The number of hydrogen-bond acceptors (Lipinski definition) is 4. The zero-order valence-corrected chi connectivity index (χ0v) is 12.9. The second-order valence-corrected chi connectivity index (χ2v) is 7.23.